The summed E-state index contributed by atoms with van der Waals surface area (Å²) in [6.45, 7) is 4.02. The SMILES string of the molecule is CCc1ccccc1N1N=C(C)CC1Oc1ccccc1NC(=O)Nc1ccc(OC(F)(F)F)cc1. The highest BCUT2D eigenvalue weighted by Crippen LogP contribution is 2.33. The van der Waals surface area contributed by atoms with Crippen LogP contribution in [0.25, 0.3) is 0 Å². The molecule has 1 aliphatic heterocycles. The molecule has 0 aromatic heterocycles. The lowest BCUT2D eigenvalue weighted by Gasteiger charge is -2.27. The van der Waals surface area contributed by atoms with Crippen LogP contribution in [0.5, 0.6) is 11.5 Å². The molecule has 188 valence electrons. The maximum atomic E-state index is 12.6. The molecule has 0 aliphatic carbocycles. The maximum Gasteiger partial charge on any atom is 0.573 e. The molecule has 3 aromatic rings. The molecule has 7 nitrogen and oxygen atoms in total. The second kappa shape index (κ2) is 10.6. The molecule has 1 unspecified atom stereocenters. The largest absolute Gasteiger partial charge is 0.573 e. The first kappa shape index (κ1) is 24.9. The molecule has 0 saturated carbocycles. The van der Waals surface area contributed by atoms with Crippen LogP contribution in [0.1, 0.15) is 25.8 Å². The van der Waals surface area contributed by atoms with E-state index in [1.165, 1.54) is 12.1 Å². The van der Waals surface area contributed by atoms with Gasteiger partial charge in [-0.15, -0.1) is 13.2 Å². The number of alkyl halides is 3. The molecule has 0 bridgehead atoms. The van der Waals surface area contributed by atoms with E-state index < -0.39 is 18.6 Å². The number of nitrogens with one attached hydrogen (secondary N) is 2. The number of nitrogens with zero attached hydrogens (tertiary/aromatic N) is 2. The van der Waals surface area contributed by atoms with E-state index in [1.54, 1.807) is 24.3 Å². The third kappa shape index (κ3) is 6.26. The molecular formula is C26H25F3N4O3. The van der Waals surface area contributed by atoms with E-state index in [0.29, 0.717) is 23.5 Å². The Morgan fingerprint density at radius 2 is 1.72 bits per heavy atom. The smallest absolute Gasteiger partial charge is 0.466 e. The Balaban J connectivity index is 1.45. The van der Waals surface area contributed by atoms with Crippen molar-refractivity contribution in [3.63, 3.8) is 0 Å². The lowest BCUT2D eigenvalue weighted by molar-refractivity contribution is -0.274. The van der Waals surface area contributed by atoms with Gasteiger partial charge in [0.2, 0.25) is 0 Å². The number of hydrogen-bond acceptors (Lipinski definition) is 5. The maximum absolute atomic E-state index is 12.6. The van der Waals surface area contributed by atoms with Gasteiger partial charge in [0.05, 0.1) is 11.4 Å². The van der Waals surface area contributed by atoms with Gasteiger partial charge in [0.15, 0.2) is 6.23 Å². The number of aryl methyl sites for hydroxylation is 1. The number of para-hydroxylation sites is 3. The lowest BCUT2D eigenvalue weighted by atomic mass is 10.1. The van der Waals surface area contributed by atoms with Crippen molar-refractivity contribution in [1.82, 2.24) is 0 Å². The number of hydrazone groups is 1. The lowest BCUT2D eigenvalue weighted by Crippen LogP contribution is -2.33. The summed E-state index contributed by atoms with van der Waals surface area (Å²) >= 11 is 0. The highest BCUT2D eigenvalue weighted by molar-refractivity contribution is 6.00. The van der Waals surface area contributed by atoms with Gasteiger partial charge in [0, 0.05) is 17.8 Å². The number of amides is 2. The second-order valence-electron chi connectivity index (χ2n) is 8.09. The normalized spacial score (nSPS) is 15.3. The predicted molar refractivity (Wildman–Crippen MR) is 133 cm³/mol. The summed E-state index contributed by atoms with van der Waals surface area (Å²) in [7, 11) is 0. The first-order chi connectivity index (χ1) is 17.2. The van der Waals surface area contributed by atoms with Crippen molar-refractivity contribution in [3.8, 4) is 11.5 Å². The minimum atomic E-state index is -4.78. The quantitative estimate of drug-likeness (QED) is 0.376. The summed E-state index contributed by atoms with van der Waals surface area (Å²) in [6.07, 6.45) is -3.75. The Bertz CT molecular complexity index is 1250. The standard InChI is InChI=1S/C26H25F3N4O3/c1-3-18-8-4-6-10-22(18)33-24(16-17(2)32-33)35-23-11-7-5-9-21(23)31-25(34)30-19-12-14-20(15-13-19)36-26(27,28)29/h4-15,24H,3,16H2,1-2H3,(H2,30,31,34). The molecule has 2 amide bonds. The molecule has 0 radical (unpaired) electrons. The van der Waals surface area contributed by atoms with Crippen molar-refractivity contribution in [3.05, 3.63) is 78.4 Å². The van der Waals surface area contributed by atoms with E-state index in [-0.39, 0.29) is 5.75 Å². The van der Waals surface area contributed by atoms with Gasteiger partial charge < -0.3 is 20.1 Å². The highest BCUT2D eigenvalue weighted by Gasteiger charge is 2.31. The minimum absolute atomic E-state index is 0.294. The van der Waals surface area contributed by atoms with Crippen LogP contribution in [0.2, 0.25) is 0 Å². The summed E-state index contributed by atoms with van der Waals surface area (Å²) in [5, 5.41) is 11.8. The van der Waals surface area contributed by atoms with Crippen molar-refractivity contribution >= 4 is 28.8 Å². The van der Waals surface area contributed by atoms with E-state index in [4.69, 9.17) is 4.74 Å². The zero-order chi connectivity index (χ0) is 25.7. The molecule has 0 fully saturated rings. The van der Waals surface area contributed by atoms with Crippen LogP contribution in [0.15, 0.2) is 77.9 Å². The molecule has 3 aromatic carbocycles. The predicted octanol–water partition coefficient (Wildman–Crippen LogP) is 6.78. The van der Waals surface area contributed by atoms with E-state index in [9.17, 15) is 18.0 Å². The Hall–Kier alpha value is -4.21. The van der Waals surface area contributed by atoms with Crippen molar-refractivity contribution in [2.24, 2.45) is 5.10 Å². The molecule has 4 rings (SSSR count). The van der Waals surface area contributed by atoms with Gasteiger partial charge in [-0.2, -0.15) is 5.10 Å². The fourth-order valence-corrected chi connectivity index (χ4v) is 3.81. The van der Waals surface area contributed by atoms with Crippen LogP contribution >= 0.6 is 0 Å². The molecular weight excluding hydrogens is 473 g/mol. The van der Waals surface area contributed by atoms with Crippen LogP contribution in [0, 0.1) is 0 Å². The average molecular weight is 499 g/mol. The highest BCUT2D eigenvalue weighted by atomic mass is 19.4. The summed E-state index contributed by atoms with van der Waals surface area (Å²) < 4.78 is 47.1. The van der Waals surface area contributed by atoms with Crippen molar-refractivity contribution in [2.45, 2.75) is 39.3 Å². The molecule has 2 N–H and O–H groups in total. The third-order valence-corrected chi connectivity index (χ3v) is 5.38. The second-order valence-corrected chi connectivity index (χ2v) is 8.09. The van der Waals surface area contributed by atoms with Crippen molar-refractivity contribution < 1.29 is 27.4 Å². The van der Waals surface area contributed by atoms with Crippen LogP contribution in [-0.4, -0.2) is 24.3 Å². The van der Waals surface area contributed by atoms with Gasteiger partial charge in [-0.1, -0.05) is 37.3 Å². The zero-order valence-electron chi connectivity index (χ0n) is 19.7. The molecule has 10 heteroatoms. The summed E-state index contributed by atoms with van der Waals surface area (Å²) in [5.74, 6) is 0.0749. The van der Waals surface area contributed by atoms with Crippen LogP contribution in [0.3, 0.4) is 0 Å². The molecule has 1 atom stereocenters. The fourth-order valence-electron chi connectivity index (χ4n) is 3.81. The third-order valence-electron chi connectivity index (χ3n) is 5.38. The number of halogens is 3. The molecule has 1 heterocycles. The van der Waals surface area contributed by atoms with Gasteiger partial charge in [-0.05, 0) is 61.4 Å². The Morgan fingerprint density at radius 1 is 1.03 bits per heavy atom. The zero-order valence-corrected chi connectivity index (χ0v) is 19.7. The topological polar surface area (TPSA) is 75.2 Å². The van der Waals surface area contributed by atoms with Crippen LogP contribution in [-0.2, 0) is 6.42 Å². The average Bonchev–Trinajstić information content (AvgIpc) is 3.20. The van der Waals surface area contributed by atoms with E-state index in [1.807, 2.05) is 30.1 Å². The number of urea groups is 1. The number of carbonyl (C=O) groups is 1. The summed E-state index contributed by atoms with van der Waals surface area (Å²) in [5.41, 5.74) is 3.75. The van der Waals surface area contributed by atoms with Crippen molar-refractivity contribution in [2.75, 3.05) is 15.6 Å². The van der Waals surface area contributed by atoms with Gasteiger partial charge in [-0.3, -0.25) is 0 Å². The number of carbonyl (C=O) groups excluding carboxylic acids is 1. The Kier molecular flexibility index (Phi) is 7.33. The minimum Gasteiger partial charge on any atom is -0.466 e. The number of rotatable bonds is 7. The first-order valence-corrected chi connectivity index (χ1v) is 11.3. The Labute approximate surface area is 206 Å². The molecule has 0 spiro atoms. The van der Waals surface area contributed by atoms with E-state index >= 15 is 0 Å². The van der Waals surface area contributed by atoms with Gasteiger partial charge in [0.1, 0.15) is 11.5 Å². The van der Waals surface area contributed by atoms with E-state index in [0.717, 1.165) is 35.5 Å². The summed E-state index contributed by atoms with van der Waals surface area (Å²) in [4.78, 5) is 12.6. The van der Waals surface area contributed by atoms with Gasteiger partial charge in [-0.25, -0.2) is 9.80 Å². The summed E-state index contributed by atoms with van der Waals surface area (Å²) in [6, 6.07) is 19.3. The number of benzene rings is 3. The number of anilines is 3. The number of hydrogen-bond donors (Lipinski definition) is 2. The molecule has 0 saturated heterocycles. The van der Waals surface area contributed by atoms with E-state index in [2.05, 4.69) is 33.5 Å². The van der Waals surface area contributed by atoms with Crippen LogP contribution in [0.4, 0.5) is 35.0 Å². The Morgan fingerprint density at radius 3 is 2.44 bits per heavy atom. The fraction of sp³-hybridized carbons (Fsp3) is 0.231. The number of ether oxygens (including phenoxy) is 2. The van der Waals surface area contributed by atoms with Crippen molar-refractivity contribution in [1.29, 1.82) is 0 Å². The monoisotopic (exact) mass is 498 g/mol. The van der Waals surface area contributed by atoms with Gasteiger partial charge in [0.25, 0.3) is 0 Å². The first-order valence-electron chi connectivity index (χ1n) is 11.3. The molecule has 36 heavy (non-hydrogen) atoms. The molecule has 1 aliphatic rings. The van der Waals surface area contributed by atoms with Gasteiger partial charge >= 0.3 is 12.4 Å². The van der Waals surface area contributed by atoms with Crippen LogP contribution < -0.4 is 25.1 Å².